The molecule has 0 amide bonds. The van der Waals surface area contributed by atoms with Crippen LogP contribution in [-0.4, -0.2) is 22.8 Å². The molecule has 0 saturated carbocycles. The molecule has 0 unspecified atom stereocenters. The normalized spacial score (nSPS) is 11.2. The molecule has 0 radical (unpaired) electrons. The Morgan fingerprint density at radius 1 is 1.24 bits per heavy atom. The van der Waals surface area contributed by atoms with Gasteiger partial charge in [0.1, 0.15) is 0 Å². The minimum atomic E-state index is -4.39. The fourth-order valence-electron chi connectivity index (χ4n) is 1.51. The Labute approximate surface area is 123 Å². The van der Waals surface area contributed by atoms with Gasteiger partial charge in [-0.15, -0.1) is 0 Å². The van der Waals surface area contributed by atoms with Crippen molar-refractivity contribution in [1.29, 1.82) is 0 Å². The number of pyridine rings is 2. The summed E-state index contributed by atoms with van der Waals surface area (Å²) in [6.45, 7) is -0.998. The van der Waals surface area contributed by atoms with Crippen molar-refractivity contribution in [3.8, 4) is 5.88 Å². The first-order valence-electron chi connectivity index (χ1n) is 5.92. The number of ether oxygens (including phenoxy) is 1. The third kappa shape index (κ3) is 5.11. The van der Waals surface area contributed by atoms with E-state index in [1.807, 2.05) is 0 Å². The van der Waals surface area contributed by atoms with Crippen molar-refractivity contribution < 1.29 is 17.9 Å². The standard InChI is InChI=1S/C13H11ClF3N3O/c14-10-7-18-3-2-11(10)20-6-9-1-4-19-12(5-9)21-8-13(15,16)17/h1-5,7H,6,8H2,(H,18,20). The molecule has 21 heavy (non-hydrogen) atoms. The van der Waals surface area contributed by atoms with Crippen molar-refractivity contribution in [3.05, 3.63) is 47.4 Å². The number of halogens is 4. The summed E-state index contributed by atoms with van der Waals surface area (Å²) < 4.78 is 40.8. The van der Waals surface area contributed by atoms with Gasteiger partial charge in [-0.05, 0) is 17.7 Å². The minimum Gasteiger partial charge on any atom is -0.468 e. The molecule has 112 valence electrons. The van der Waals surface area contributed by atoms with E-state index in [2.05, 4.69) is 20.0 Å². The second kappa shape index (κ2) is 6.62. The third-order valence-electron chi connectivity index (χ3n) is 2.44. The molecule has 8 heteroatoms. The molecule has 2 heterocycles. The predicted molar refractivity (Wildman–Crippen MR) is 72.4 cm³/mol. The number of nitrogens with zero attached hydrogens (tertiary/aromatic N) is 2. The lowest BCUT2D eigenvalue weighted by molar-refractivity contribution is -0.154. The van der Waals surface area contributed by atoms with Gasteiger partial charge < -0.3 is 10.1 Å². The van der Waals surface area contributed by atoms with Gasteiger partial charge in [0.05, 0.1) is 10.7 Å². The van der Waals surface area contributed by atoms with E-state index in [1.165, 1.54) is 18.5 Å². The van der Waals surface area contributed by atoms with Gasteiger partial charge in [0.2, 0.25) is 5.88 Å². The molecule has 0 bridgehead atoms. The van der Waals surface area contributed by atoms with E-state index in [1.54, 1.807) is 18.3 Å². The Kier molecular flexibility index (Phi) is 4.85. The summed E-state index contributed by atoms with van der Waals surface area (Å²) in [6.07, 6.45) is 0.0737. The lowest BCUT2D eigenvalue weighted by Crippen LogP contribution is -2.19. The highest BCUT2D eigenvalue weighted by Crippen LogP contribution is 2.21. The molecule has 0 saturated heterocycles. The van der Waals surface area contributed by atoms with E-state index >= 15 is 0 Å². The lowest BCUT2D eigenvalue weighted by atomic mass is 10.2. The summed E-state index contributed by atoms with van der Waals surface area (Å²) in [5.74, 6) is -0.0764. The van der Waals surface area contributed by atoms with Crippen molar-refractivity contribution in [1.82, 2.24) is 9.97 Å². The van der Waals surface area contributed by atoms with Crippen LogP contribution in [0.25, 0.3) is 0 Å². The van der Waals surface area contributed by atoms with Crippen LogP contribution >= 0.6 is 11.6 Å². The molecule has 2 aromatic rings. The lowest BCUT2D eigenvalue weighted by Gasteiger charge is -2.10. The van der Waals surface area contributed by atoms with E-state index in [-0.39, 0.29) is 5.88 Å². The maximum absolute atomic E-state index is 12.1. The van der Waals surface area contributed by atoms with Gasteiger partial charge in [-0.2, -0.15) is 13.2 Å². The smallest absolute Gasteiger partial charge is 0.422 e. The van der Waals surface area contributed by atoms with Crippen LogP contribution in [0.15, 0.2) is 36.8 Å². The molecule has 2 aromatic heterocycles. The van der Waals surface area contributed by atoms with Crippen LogP contribution in [0.2, 0.25) is 5.02 Å². The van der Waals surface area contributed by atoms with Gasteiger partial charge in [-0.25, -0.2) is 4.98 Å². The van der Waals surface area contributed by atoms with Crippen molar-refractivity contribution in [2.24, 2.45) is 0 Å². The highest BCUT2D eigenvalue weighted by atomic mass is 35.5. The van der Waals surface area contributed by atoms with Crippen molar-refractivity contribution in [2.75, 3.05) is 11.9 Å². The highest BCUT2D eigenvalue weighted by molar-refractivity contribution is 6.33. The molecule has 0 aliphatic carbocycles. The second-order valence-corrected chi connectivity index (χ2v) is 4.52. The summed E-state index contributed by atoms with van der Waals surface area (Å²) in [5.41, 5.74) is 1.40. The van der Waals surface area contributed by atoms with Gasteiger partial charge >= 0.3 is 6.18 Å². The highest BCUT2D eigenvalue weighted by Gasteiger charge is 2.28. The zero-order valence-corrected chi connectivity index (χ0v) is 11.4. The molecule has 0 aliphatic rings. The minimum absolute atomic E-state index is 0.0764. The quantitative estimate of drug-likeness (QED) is 0.913. The molecule has 2 rings (SSSR count). The zero-order valence-electron chi connectivity index (χ0n) is 10.7. The first-order chi connectivity index (χ1) is 9.94. The predicted octanol–water partition coefficient (Wildman–Crippen LogP) is 3.68. The number of aromatic nitrogens is 2. The van der Waals surface area contributed by atoms with E-state index < -0.39 is 12.8 Å². The number of alkyl halides is 3. The molecular weight excluding hydrogens is 307 g/mol. The topological polar surface area (TPSA) is 47.0 Å². The molecule has 0 atom stereocenters. The summed E-state index contributed by atoms with van der Waals surface area (Å²) in [4.78, 5) is 7.58. The Balaban J connectivity index is 1.96. The molecule has 0 spiro atoms. The largest absolute Gasteiger partial charge is 0.468 e. The van der Waals surface area contributed by atoms with Gasteiger partial charge in [-0.3, -0.25) is 4.98 Å². The number of hydrogen-bond acceptors (Lipinski definition) is 4. The summed E-state index contributed by atoms with van der Waals surface area (Å²) in [7, 11) is 0. The number of nitrogens with one attached hydrogen (secondary N) is 1. The Hall–Kier alpha value is -2.02. The second-order valence-electron chi connectivity index (χ2n) is 4.12. The molecule has 0 fully saturated rings. The fraction of sp³-hybridized carbons (Fsp3) is 0.231. The summed E-state index contributed by atoms with van der Waals surface area (Å²) in [6, 6.07) is 4.81. The molecule has 0 aromatic carbocycles. The van der Waals surface area contributed by atoms with Gasteiger partial charge in [0.25, 0.3) is 0 Å². The number of rotatable bonds is 5. The van der Waals surface area contributed by atoms with E-state index in [4.69, 9.17) is 11.6 Å². The Morgan fingerprint density at radius 3 is 2.76 bits per heavy atom. The van der Waals surface area contributed by atoms with Crippen molar-refractivity contribution in [3.63, 3.8) is 0 Å². The van der Waals surface area contributed by atoms with Crippen LogP contribution in [0.4, 0.5) is 18.9 Å². The fourth-order valence-corrected chi connectivity index (χ4v) is 1.70. The van der Waals surface area contributed by atoms with Crippen LogP contribution < -0.4 is 10.1 Å². The van der Waals surface area contributed by atoms with E-state index in [0.717, 1.165) is 5.56 Å². The average molecular weight is 318 g/mol. The molecule has 0 aliphatic heterocycles. The van der Waals surface area contributed by atoms with Gasteiger partial charge in [0.15, 0.2) is 6.61 Å². The average Bonchev–Trinajstić information content (AvgIpc) is 2.44. The number of anilines is 1. The monoisotopic (exact) mass is 317 g/mol. The van der Waals surface area contributed by atoms with Crippen molar-refractivity contribution >= 4 is 17.3 Å². The van der Waals surface area contributed by atoms with E-state index in [9.17, 15) is 13.2 Å². The zero-order chi connectivity index (χ0) is 15.3. The maximum atomic E-state index is 12.1. The third-order valence-corrected chi connectivity index (χ3v) is 2.74. The van der Waals surface area contributed by atoms with Gasteiger partial charge in [0, 0.05) is 31.2 Å². The first-order valence-corrected chi connectivity index (χ1v) is 6.30. The molecular formula is C13H11ClF3N3O. The van der Waals surface area contributed by atoms with Crippen LogP contribution in [0.1, 0.15) is 5.56 Å². The van der Waals surface area contributed by atoms with E-state index in [0.29, 0.717) is 17.3 Å². The van der Waals surface area contributed by atoms with Crippen LogP contribution in [0, 0.1) is 0 Å². The molecule has 1 N–H and O–H groups in total. The summed E-state index contributed by atoms with van der Waals surface area (Å²) >= 11 is 5.93. The number of hydrogen-bond donors (Lipinski definition) is 1. The van der Waals surface area contributed by atoms with Gasteiger partial charge in [-0.1, -0.05) is 11.6 Å². The molecule has 4 nitrogen and oxygen atoms in total. The SMILES string of the molecule is FC(F)(F)COc1cc(CNc2ccncc2Cl)ccn1. The first kappa shape index (κ1) is 15.4. The Bertz CT molecular complexity index is 607. The van der Waals surface area contributed by atoms with Crippen molar-refractivity contribution in [2.45, 2.75) is 12.7 Å². The van der Waals surface area contributed by atoms with Crippen LogP contribution in [0.5, 0.6) is 5.88 Å². The maximum Gasteiger partial charge on any atom is 0.422 e. The summed E-state index contributed by atoms with van der Waals surface area (Å²) in [5, 5.41) is 3.51. The van der Waals surface area contributed by atoms with Crippen LogP contribution in [-0.2, 0) is 6.54 Å². The van der Waals surface area contributed by atoms with Crippen LogP contribution in [0.3, 0.4) is 0 Å². The Morgan fingerprint density at radius 2 is 2.05 bits per heavy atom.